The summed E-state index contributed by atoms with van der Waals surface area (Å²) in [5, 5.41) is 0.669. The van der Waals surface area contributed by atoms with E-state index in [2.05, 4.69) is 42.2 Å². The average Bonchev–Trinajstić information content (AvgIpc) is 3.09. The predicted octanol–water partition coefficient (Wildman–Crippen LogP) is 3.89. The summed E-state index contributed by atoms with van der Waals surface area (Å²) in [6.45, 7) is 2.34. The molecule has 2 aliphatic rings. The van der Waals surface area contributed by atoms with Crippen LogP contribution in [0.2, 0.25) is 0 Å². The number of nitrogens with zero attached hydrogens (tertiary/aromatic N) is 1. The van der Waals surface area contributed by atoms with Crippen molar-refractivity contribution in [2.75, 3.05) is 0 Å². The zero-order chi connectivity index (χ0) is 16.3. The van der Waals surface area contributed by atoms with Gasteiger partial charge in [-0.15, -0.1) is 0 Å². The summed E-state index contributed by atoms with van der Waals surface area (Å²) in [6, 6.07) is 18.3. The first-order chi connectivity index (χ1) is 11.7. The van der Waals surface area contributed by atoms with Crippen LogP contribution in [0.25, 0.3) is 10.9 Å². The van der Waals surface area contributed by atoms with Crippen molar-refractivity contribution in [2.45, 2.75) is 25.2 Å². The molecule has 120 valence electrons. The van der Waals surface area contributed by atoms with E-state index < -0.39 is 0 Å². The van der Waals surface area contributed by atoms with Crippen molar-refractivity contribution >= 4 is 10.9 Å². The van der Waals surface area contributed by atoms with Gasteiger partial charge in [-0.05, 0) is 48.3 Å². The van der Waals surface area contributed by atoms with Crippen molar-refractivity contribution in [3.8, 4) is 0 Å². The molecule has 1 heterocycles. The molecule has 0 amide bonds. The topological polar surface area (TPSA) is 45.8 Å². The molecule has 0 saturated heterocycles. The minimum absolute atomic E-state index is 0.0253. The van der Waals surface area contributed by atoms with E-state index in [9.17, 15) is 4.79 Å². The van der Waals surface area contributed by atoms with Gasteiger partial charge in [0.1, 0.15) is 5.82 Å². The second-order valence-corrected chi connectivity index (χ2v) is 7.36. The maximum atomic E-state index is 12.6. The molecular formula is C21H20N2O. The fraction of sp³-hybridized carbons (Fsp3) is 0.333. The van der Waals surface area contributed by atoms with E-state index in [1.54, 1.807) is 0 Å². The van der Waals surface area contributed by atoms with Gasteiger partial charge in [0.2, 0.25) is 0 Å². The van der Waals surface area contributed by atoms with Crippen molar-refractivity contribution in [3.63, 3.8) is 0 Å². The Hall–Kier alpha value is -2.42. The highest BCUT2D eigenvalue weighted by molar-refractivity contribution is 5.77. The maximum absolute atomic E-state index is 12.6. The second-order valence-electron chi connectivity index (χ2n) is 7.36. The van der Waals surface area contributed by atoms with E-state index in [1.807, 2.05) is 24.3 Å². The molecule has 2 aromatic carbocycles. The number of aromatic amines is 1. The highest BCUT2D eigenvalue weighted by Crippen LogP contribution is 2.68. The van der Waals surface area contributed by atoms with Gasteiger partial charge in [-0.1, -0.05) is 49.4 Å². The molecule has 0 aliphatic heterocycles. The third-order valence-electron chi connectivity index (χ3n) is 6.33. The quantitative estimate of drug-likeness (QED) is 0.779. The van der Waals surface area contributed by atoms with Gasteiger partial charge >= 0.3 is 0 Å². The Labute approximate surface area is 140 Å². The predicted molar refractivity (Wildman–Crippen MR) is 95.0 cm³/mol. The van der Waals surface area contributed by atoms with Crippen LogP contribution in [-0.4, -0.2) is 9.97 Å². The van der Waals surface area contributed by atoms with E-state index in [-0.39, 0.29) is 11.0 Å². The van der Waals surface area contributed by atoms with Gasteiger partial charge in [-0.25, -0.2) is 4.98 Å². The lowest BCUT2D eigenvalue weighted by atomic mass is 9.73. The first-order valence-electron chi connectivity index (χ1n) is 8.77. The number of H-pyrrole nitrogens is 1. The monoisotopic (exact) mass is 316 g/mol. The van der Waals surface area contributed by atoms with Crippen LogP contribution in [0, 0.1) is 17.8 Å². The van der Waals surface area contributed by atoms with Crippen LogP contribution in [0.5, 0.6) is 0 Å². The Morgan fingerprint density at radius 2 is 1.83 bits per heavy atom. The molecule has 0 bridgehead atoms. The largest absolute Gasteiger partial charge is 0.309 e. The highest BCUT2D eigenvalue weighted by Gasteiger charge is 2.65. The molecule has 1 N–H and O–H groups in total. The molecule has 4 unspecified atom stereocenters. The fourth-order valence-corrected chi connectivity index (χ4v) is 5.15. The zero-order valence-electron chi connectivity index (χ0n) is 13.7. The molecule has 5 rings (SSSR count). The van der Waals surface area contributed by atoms with E-state index in [0.717, 1.165) is 23.7 Å². The number of nitrogens with one attached hydrogen (secondary N) is 1. The molecule has 0 spiro atoms. The Morgan fingerprint density at radius 3 is 2.58 bits per heavy atom. The summed E-state index contributed by atoms with van der Waals surface area (Å²) in [5.41, 5.74) is 1.92. The number of para-hydroxylation sites is 1. The van der Waals surface area contributed by atoms with Crippen molar-refractivity contribution in [1.29, 1.82) is 0 Å². The lowest BCUT2D eigenvalue weighted by molar-refractivity contribution is 0.406. The zero-order valence-corrected chi connectivity index (χ0v) is 13.7. The Morgan fingerprint density at radius 1 is 1.08 bits per heavy atom. The van der Waals surface area contributed by atoms with Gasteiger partial charge in [0.25, 0.3) is 5.56 Å². The summed E-state index contributed by atoms with van der Waals surface area (Å²) in [5.74, 6) is 2.91. The number of rotatable bonds is 2. The summed E-state index contributed by atoms with van der Waals surface area (Å²) in [7, 11) is 0. The Kier molecular flexibility index (Phi) is 2.79. The van der Waals surface area contributed by atoms with Gasteiger partial charge in [0.05, 0.1) is 16.3 Å². The van der Waals surface area contributed by atoms with Gasteiger partial charge in [0, 0.05) is 0 Å². The van der Waals surface area contributed by atoms with Gasteiger partial charge in [0.15, 0.2) is 0 Å². The van der Waals surface area contributed by atoms with Crippen LogP contribution in [0.15, 0.2) is 59.4 Å². The van der Waals surface area contributed by atoms with Crippen molar-refractivity contribution < 1.29 is 0 Å². The number of aromatic nitrogens is 2. The first kappa shape index (κ1) is 14.0. The standard InChI is InChI=1S/C21H20N2O/c1-13-15-11-12-21(18(13)15,14-7-3-2-4-8-14)20-22-17-10-6-5-9-16(17)19(24)23-20/h2-10,13,15,18H,11-12H2,1H3,(H,22,23,24). The van der Waals surface area contributed by atoms with Crippen molar-refractivity contribution in [1.82, 2.24) is 9.97 Å². The van der Waals surface area contributed by atoms with E-state index in [0.29, 0.717) is 17.2 Å². The molecule has 2 aliphatic carbocycles. The highest BCUT2D eigenvalue weighted by atomic mass is 16.1. The normalized spacial score (nSPS) is 31.1. The van der Waals surface area contributed by atoms with E-state index in [4.69, 9.17) is 4.98 Å². The minimum atomic E-state index is -0.144. The molecule has 1 aromatic heterocycles. The molecule has 3 nitrogen and oxygen atoms in total. The van der Waals surface area contributed by atoms with Gasteiger partial charge in [-0.2, -0.15) is 0 Å². The van der Waals surface area contributed by atoms with E-state index >= 15 is 0 Å². The number of hydrogen-bond acceptors (Lipinski definition) is 2. The Bertz CT molecular complexity index is 978. The molecule has 0 radical (unpaired) electrons. The van der Waals surface area contributed by atoms with Crippen LogP contribution < -0.4 is 5.56 Å². The number of hydrogen-bond donors (Lipinski definition) is 1. The van der Waals surface area contributed by atoms with Crippen LogP contribution in [0.1, 0.15) is 31.2 Å². The molecule has 3 aromatic rings. The fourth-order valence-electron chi connectivity index (χ4n) is 5.15. The third-order valence-corrected chi connectivity index (χ3v) is 6.33. The van der Waals surface area contributed by atoms with Crippen LogP contribution in [-0.2, 0) is 5.41 Å². The molecule has 3 heteroatoms. The summed E-state index contributed by atoms with van der Waals surface area (Å²) in [4.78, 5) is 20.7. The first-order valence-corrected chi connectivity index (χ1v) is 8.77. The SMILES string of the molecule is CC1C2CCC(c3ccccc3)(c3nc4ccccc4c(=O)[nH]3)C12. The van der Waals surface area contributed by atoms with Crippen LogP contribution in [0.4, 0.5) is 0 Å². The van der Waals surface area contributed by atoms with Crippen molar-refractivity contribution in [3.05, 3.63) is 76.3 Å². The molecule has 24 heavy (non-hydrogen) atoms. The minimum Gasteiger partial charge on any atom is -0.309 e. The van der Waals surface area contributed by atoms with Gasteiger partial charge < -0.3 is 4.98 Å². The average molecular weight is 316 g/mol. The van der Waals surface area contributed by atoms with Crippen LogP contribution in [0.3, 0.4) is 0 Å². The number of fused-ring (bicyclic) bond motifs is 2. The maximum Gasteiger partial charge on any atom is 0.258 e. The third kappa shape index (κ3) is 1.73. The van der Waals surface area contributed by atoms with Gasteiger partial charge in [-0.3, -0.25) is 4.79 Å². The molecule has 2 fully saturated rings. The smallest absolute Gasteiger partial charge is 0.258 e. The van der Waals surface area contributed by atoms with E-state index in [1.165, 1.54) is 12.0 Å². The molecular weight excluding hydrogens is 296 g/mol. The summed E-state index contributed by atoms with van der Waals surface area (Å²) < 4.78 is 0. The van der Waals surface area contributed by atoms with Crippen molar-refractivity contribution in [2.24, 2.45) is 17.8 Å². The summed E-state index contributed by atoms with van der Waals surface area (Å²) >= 11 is 0. The van der Waals surface area contributed by atoms with Crippen LogP contribution >= 0.6 is 0 Å². The molecule has 4 atom stereocenters. The lowest BCUT2D eigenvalue weighted by Gasteiger charge is -2.32. The molecule has 2 saturated carbocycles. The second kappa shape index (κ2) is 4.79. The number of benzene rings is 2. The Balaban J connectivity index is 1.79. The lowest BCUT2D eigenvalue weighted by Crippen LogP contribution is -2.33. The summed E-state index contributed by atoms with van der Waals surface area (Å²) in [6.07, 6.45) is 2.29.